The number of rotatable bonds is 21. The minimum Gasteiger partial charge on any atom is -0.147 e. The van der Waals surface area contributed by atoms with E-state index in [0.717, 1.165) is 11.1 Å². The first-order chi connectivity index (χ1) is 29.7. The third-order valence-corrected chi connectivity index (χ3v) is 14.5. The van der Waals surface area contributed by atoms with Crippen LogP contribution < -0.4 is 41.4 Å². The van der Waals surface area contributed by atoms with E-state index >= 15 is 0 Å². The van der Waals surface area contributed by atoms with Gasteiger partial charge in [0, 0.05) is 18.1 Å². The van der Waals surface area contributed by atoms with Gasteiger partial charge in [0.15, 0.2) is 5.01 Å². The number of aryl methyl sites for hydroxylation is 2. The summed E-state index contributed by atoms with van der Waals surface area (Å²) in [6, 6.07) is 2.06. The van der Waals surface area contributed by atoms with Crippen LogP contribution in [-0.4, -0.2) is 103 Å². The van der Waals surface area contributed by atoms with Crippen molar-refractivity contribution in [2.75, 3.05) is 33.8 Å². The molecule has 2 heterocycles. The zero-order valence-corrected chi connectivity index (χ0v) is 41.0. The Kier molecular flexibility index (Phi) is 22.1. The van der Waals surface area contributed by atoms with Gasteiger partial charge in [-0.15, -0.1) is 23.7 Å². The van der Waals surface area contributed by atoms with Gasteiger partial charge in [-0.3, -0.25) is 9.79 Å². The average Bonchev–Trinajstić information content (AvgIpc) is 3.97. The number of guanidine groups is 2. The van der Waals surface area contributed by atoms with Crippen LogP contribution >= 0.6 is 35.1 Å². The molecule has 0 saturated carbocycles. The first-order valence-corrected chi connectivity index (χ1v) is 24.2. The quantitative estimate of drug-likeness (QED) is 0.0229. The van der Waals surface area contributed by atoms with Gasteiger partial charge in [-0.25, -0.2) is 18.1 Å². The smallest absolute Gasteiger partial charge is 0.147 e. The van der Waals surface area contributed by atoms with Gasteiger partial charge in [-0.2, -0.15) is 0 Å². The van der Waals surface area contributed by atoms with Crippen LogP contribution in [0.25, 0.3) is 0 Å². The summed E-state index contributed by atoms with van der Waals surface area (Å²) in [7, 11) is -4.12. The van der Waals surface area contributed by atoms with E-state index in [9.17, 15) is 31.1 Å². The number of aromatic nitrogens is 2. The van der Waals surface area contributed by atoms with E-state index in [-0.39, 0.29) is 65.2 Å². The summed E-state index contributed by atoms with van der Waals surface area (Å²) in [6.45, 7) is 10.8. The average molecular weight is 983 g/mol. The van der Waals surface area contributed by atoms with Crippen molar-refractivity contribution in [3.05, 3.63) is 78.7 Å². The fraction of sp³-hybridized carbons (Fsp3) is 0.436. The molecule has 350 valence electrons. The van der Waals surface area contributed by atoms with Crippen LogP contribution in [0.15, 0.2) is 55.1 Å². The van der Waals surface area contributed by atoms with E-state index in [4.69, 9.17) is 26.7 Å². The molecule has 0 saturated heterocycles. The van der Waals surface area contributed by atoms with Gasteiger partial charge >= 0.3 is 148 Å². The van der Waals surface area contributed by atoms with Crippen LogP contribution in [-0.2, 0) is 24.8 Å². The Balaban J connectivity index is 0.000000435. The van der Waals surface area contributed by atoms with E-state index in [0.29, 0.717) is 76.6 Å². The Morgan fingerprint density at radius 2 is 1.16 bits per heavy atom. The summed E-state index contributed by atoms with van der Waals surface area (Å²) in [6.07, 6.45) is 4.81. The van der Waals surface area contributed by atoms with Gasteiger partial charge in [0.1, 0.15) is 11.5 Å². The number of methoxy groups -OCH3 is 2. The second-order valence-electron chi connectivity index (χ2n) is 14.1. The predicted octanol–water partition coefficient (Wildman–Crippen LogP) is 3.38. The summed E-state index contributed by atoms with van der Waals surface area (Å²) >= 11 is 2.47. The number of ketones is 2. The molecule has 0 aliphatic heterocycles. The number of carbonyl (C=O) groups excluding carboxylic acids is 2. The van der Waals surface area contributed by atoms with Gasteiger partial charge in [0.25, 0.3) is 10.0 Å². The van der Waals surface area contributed by atoms with Crippen molar-refractivity contribution in [2.45, 2.75) is 89.1 Å². The number of aliphatic imine (C=N–C) groups is 2. The number of ether oxygens (including phenoxy) is 2. The SMILES string of the molecule is COc1cc(C)c(S(=O)(=O)NC(N)=NCCCC(N)C(=O)c2nccs2)c(C)c1C.COc1cc(C)c(S(=O)(=O)NC(N)=NCCCC(NCB=O)C(=O)c2nccs2)c(C)c1C.Cl. The van der Waals surface area contributed by atoms with E-state index < -0.39 is 32.1 Å². The summed E-state index contributed by atoms with van der Waals surface area (Å²) < 4.78 is 77.3. The monoisotopic (exact) mass is 982 g/mol. The molecule has 0 aliphatic rings. The van der Waals surface area contributed by atoms with Crippen molar-refractivity contribution in [2.24, 2.45) is 27.2 Å². The zero-order chi connectivity index (χ0) is 47.1. The molecule has 9 N–H and O–H groups in total. The van der Waals surface area contributed by atoms with Gasteiger partial charge in [-0.05, 0) is 88.8 Å². The molecule has 4 rings (SSSR count). The van der Waals surface area contributed by atoms with E-state index in [2.05, 4.69) is 34.7 Å². The van der Waals surface area contributed by atoms with Crippen molar-refractivity contribution < 1.29 is 40.6 Å². The van der Waals surface area contributed by atoms with Crippen LogP contribution in [0.1, 0.15) is 78.7 Å². The van der Waals surface area contributed by atoms with Gasteiger partial charge in [0.05, 0.1) is 25.2 Å². The molecule has 2 unspecified atom stereocenters. The van der Waals surface area contributed by atoms with Crippen molar-refractivity contribution in [3.8, 4) is 11.5 Å². The van der Waals surface area contributed by atoms with Gasteiger partial charge < -0.3 is 20.9 Å². The Morgan fingerprint density at radius 1 is 0.734 bits per heavy atom. The molecule has 0 fully saturated rings. The number of benzene rings is 2. The maximum atomic E-state index is 12.9. The van der Waals surface area contributed by atoms with Gasteiger partial charge in [0.2, 0.25) is 11.7 Å². The van der Waals surface area contributed by atoms with Crippen molar-refractivity contribution in [1.82, 2.24) is 24.7 Å². The van der Waals surface area contributed by atoms with Crippen LogP contribution in [0, 0.1) is 41.5 Å². The Labute approximate surface area is 389 Å². The summed E-state index contributed by atoms with van der Waals surface area (Å²) in [4.78, 5) is 41.0. The number of carbonyl (C=O) groups is 2. The van der Waals surface area contributed by atoms with Crippen LogP contribution in [0.4, 0.5) is 0 Å². The molecule has 0 radical (unpaired) electrons. The third kappa shape index (κ3) is 15.1. The number of thiazole rings is 2. The molecule has 2 atom stereocenters. The van der Waals surface area contributed by atoms with Crippen LogP contribution in [0.2, 0.25) is 0 Å². The number of nitrogens with two attached hydrogens (primary N) is 3. The number of nitrogens with one attached hydrogen (secondary N) is 3. The number of hydrogen-bond acceptors (Lipinski definition) is 17. The number of Topliss-reactive ketones (excluding diaryl/α,β-unsaturated/α-hetero) is 2. The van der Waals surface area contributed by atoms with Gasteiger partial charge in [-0.1, -0.05) is 0 Å². The molecule has 4 aromatic rings. The molecule has 25 heteroatoms. The summed E-state index contributed by atoms with van der Waals surface area (Å²) in [5.41, 5.74) is 21.2. The van der Waals surface area contributed by atoms with Crippen molar-refractivity contribution in [1.29, 1.82) is 0 Å². The van der Waals surface area contributed by atoms with Crippen LogP contribution in [0.3, 0.4) is 0 Å². The Bertz CT molecular complexity index is 2510. The molecular formula is C39H56BClN10O9S4. The third-order valence-electron chi connectivity index (χ3n) is 9.69. The predicted molar refractivity (Wildman–Crippen MR) is 253 cm³/mol. The number of nitrogens with zero attached hydrogens (tertiary/aromatic N) is 4. The summed E-state index contributed by atoms with van der Waals surface area (Å²) in [5, 5.41) is 7.03. The molecule has 0 aliphatic carbocycles. The van der Waals surface area contributed by atoms with E-state index in [1.165, 1.54) is 36.9 Å². The second kappa shape index (κ2) is 25.6. The number of hydrogen-bond donors (Lipinski definition) is 6. The van der Waals surface area contributed by atoms with Crippen molar-refractivity contribution in [3.63, 3.8) is 0 Å². The minimum absolute atomic E-state index is 0. The molecule has 0 amide bonds. The molecule has 64 heavy (non-hydrogen) atoms. The van der Waals surface area contributed by atoms with Crippen molar-refractivity contribution >= 4 is 85.8 Å². The molecule has 19 nitrogen and oxygen atoms in total. The Hall–Kier alpha value is -4.85. The van der Waals surface area contributed by atoms with E-state index in [1.54, 1.807) is 76.8 Å². The van der Waals surface area contributed by atoms with Crippen LogP contribution in [0.5, 0.6) is 11.5 Å². The fourth-order valence-corrected chi connectivity index (χ4v) is 10.6. The topological polar surface area (TPSA) is 303 Å². The first-order valence-electron chi connectivity index (χ1n) is 19.5. The molecular weight excluding hydrogens is 927 g/mol. The minimum atomic E-state index is -3.95. The first kappa shape index (κ1) is 55.3. The number of sulfonamides is 2. The normalized spacial score (nSPS) is 12.8. The molecule has 0 bridgehead atoms. The Morgan fingerprint density at radius 3 is 1.55 bits per heavy atom. The zero-order valence-electron chi connectivity index (χ0n) is 36.9. The molecule has 0 spiro atoms. The molecule has 2 aromatic carbocycles. The number of halogens is 1. The summed E-state index contributed by atoms with van der Waals surface area (Å²) in [5.74, 6) is 0.340. The van der Waals surface area contributed by atoms with E-state index in [1.807, 2.05) is 0 Å². The second-order valence-corrected chi connectivity index (χ2v) is 19.1. The molecule has 2 aromatic heterocycles. The maximum absolute atomic E-state index is 12.9. The standard InChI is InChI=1S/C20H28BN5O5S2.C19H27N5O4S2.ClH/c1-12-10-16(31-4)13(2)14(3)18(12)33(29,30)26-20(22)24-7-5-6-15(25-11-21-28)17(27)19-23-8-9-32-19;1-11-10-15(28-4)12(2)13(3)17(11)30(26,27)24-19(21)23-7-5-6-14(20)16(25)18-22-8-9-29-18;/h8-10,15,25H,5-7,11H2,1-4H3,(H3,22,24,26);8-10,14H,5-7,20H2,1-4H3,(H3,21,23,24);1H. The fourth-order valence-electron chi connectivity index (χ4n) is 6.39.